The summed E-state index contributed by atoms with van der Waals surface area (Å²) >= 11 is 5.56. The van der Waals surface area contributed by atoms with E-state index in [-0.39, 0.29) is 6.10 Å². The average Bonchev–Trinajstić information content (AvgIpc) is 3.30. The third-order valence-corrected chi connectivity index (χ3v) is 3.83. The highest BCUT2D eigenvalue weighted by Gasteiger charge is 2.23. The number of hydrogen-bond donors (Lipinski definition) is 0. The van der Waals surface area contributed by atoms with E-state index in [2.05, 4.69) is 0 Å². The minimum Gasteiger partial charge on any atom is -0.491 e. The third kappa shape index (κ3) is 2.07. The lowest BCUT2D eigenvalue weighted by Crippen LogP contribution is -2.03. The zero-order valence-corrected chi connectivity index (χ0v) is 11.5. The molecule has 3 nitrogen and oxygen atoms in total. The van der Waals surface area contributed by atoms with E-state index in [9.17, 15) is 0 Å². The Morgan fingerprint density at radius 3 is 2.75 bits per heavy atom. The van der Waals surface area contributed by atoms with E-state index in [1.165, 1.54) is 0 Å². The largest absolute Gasteiger partial charge is 0.491 e. The quantitative estimate of drug-likeness (QED) is 0.412. The lowest BCUT2D eigenvalue weighted by molar-refractivity contribution is 0.263. The number of benzene rings is 2. The summed E-state index contributed by atoms with van der Waals surface area (Å²) in [6.45, 7) is 1.38. The molecule has 0 amide bonds. The van der Waals surface area contributed by atoms with Crippen molar-refractivity contribution in [2.24, 2.45) is 0 Å². The van der Waals surface area contributed by atoms with Crippen molar-refractivity contribution in [2.45, 2.75) is 6.10 Å². The maximum atomic E-state index is 5.87. The molecule has 1 saturated heterocycles. The molecule has 1 aromatic heterocycles. The van der Waals surface area contributed by atoms with Crippen LogP contribution < -0.4 is 4.74 Å². The van der Waals surface area contributed by atoms with Crippen molar-refractivity contribution in [1.82, 2.24) is 0 Å². The van der Waals surface area contributed by atoms with Crippen molar-refractivity contribution in [3.8, 4) is 5.75 Å². The molecule has 4 heteroatoms. The van der Waals surface area contributed by atoms with Gasteiger partial charge in [0.05, 0.1) is 11.1 Å². The molecule has 0 N–H and O–H groups in total. The Morgan fingerprint density at radius 1 is 1.10 bits per heavy atom. The summed E-state index contributed by atoms with van der Waals surface area (Å²) in [5.74, 6) is 0.796. The van der Waals surface area contributed by atoms with Crippen LogP contribution in [0.15, 0.2) is 46.9 Å². The third-order valence-electron chi connectivity index (χ3n) is 3.39. The van der Waals surface area contributed by atoms with Gasteiger partial charge in [0, 0.05) is 10.8 Å². The van der Waals surface area contributed by atoms with Crippen molar-refractivity contribution in [1.29, 1.82) is 0 Å². The van der Waals surface area contributed by atoms with Gasteiger partial charge in [-0.25, -0.2) is 0 Å². The van der Waals surface area contributed by atoms with E-state index in [1.54, 1.807) is 0 Å². The maximum Gasteiger partial charge on any atom is 0.136 e. The van der Waals surface area contributed by atoms with Gasteiger partial charge in [0.1, 0.15) is 29.6 Å². The molecule has 2 heterocycles. The Balaban J connectivity index is 1.85. The van der Waals surface area contributed by atoms with Crippen molar-refractivity contribution in [2.75, 3.05) is 13.2 Å². The van der Waals surface area contributed by atoms with E-state index in [4.69, 9.17) is 26.1 Å². The number of hydrogen-bond acceptors (Lipinski definition) is 4. The summed E-state index contributed by atoms with van der Waals surface area (Å²) in [6.07, 6.45) is 0.245. The van der Waals surface area contributed by atoms with Crippen molar-refractivity contribution in [3.05, 3.63) is 47.0 Å². The Bertz CT molecular complexity index is 849. The predicted molar refractivity (Wildman–Crippen MR) is 79.8 cm³/mol. The van der Waals surface area contributed by atoms with Gasteiger partial charge in [-0.05, 0) is 30.3 Å². The highest BCUT2D eigenvalue weighted by atomic mass is 32.1. The van der Waals surface area contributed by atoms with Crippen LogP contribution in [0.25, 0.3) is 21.9 Å². The second kappa shape index (κ2) is 4.58. The summed E-state index contributed by atoms with van der Waals surface area (Å²) in [5.41, 5.74) is 1.59. The molecule has 4 rings (SSSR count). The molecule has 2 aromatic carbocycles. The van der Waals surface area contributed by atoms with Gasteiger partial charge in [-0.3, -0.25) is 0 Å². The fourth-order valence-electron chi connectivity index (χ4n) is 2.23. The summed E-state index contributed by atoms with van der Waals surface area (Å²) in [6, 6.07) is 13.6. The van der Waals surface area contributed by atoms with Gasteiger partial charge in [-0.1, -0.05) is 24.4 Å². The second-order valence-electron chi connectivity index (χ2n) is 4.85. The minimum absolute atomic E-state index is 0.245. The molecule has 0 saturated carbocycles. The van der Waals surface area contributed by atoms with Gasteiger partial charge in [-0.15, -0.1) is 0 Å². The summed E-state index contributed by atoms with van der Waals surface area (Å²) in [5, 5.41) is 1.87. The Hall–Kier alpha value is -1.91. The smallest absolute Gasteiger partial charge is 0.136 e. The Kier molecular flexibility index (Phi) is 2.72. The van der Waals surface area contributed by atoms with E-state index in [1.807, 2.05) is 42.5 Å². The van der Waals surface area contributed by atoms with Crippen LogP contribution in [0.5, 0.6) is 5.75 Å². The summed E-state index contributed by atoms with van der Waals surface area (Å²) < 4.78 is 17.5. The molecule has 20 heavy (non-hydrogen) atoms. The molecular weight excluding hydrogens is 272 g/mol. The molecule has 1 fully saturated rings. The van der Waals surface area contributed by atoms with Crippen molar-refractivity contribution >= 4 is 34.2 Å². The molecule has 1 aliphatic heterocycles. The zero-order valence-electron chi connectivity index (χ0n) is 10.7. The first kappa shape index (κ1) is 11.9. The molecule has 0 bridgehead atoms. The van der Waals surface area contributed by atoms with Crippen molar-refractivity contribution in [3.63, 3.8) is 0 Å². The Morgan fingerprint density at radius 2 is 1.90 bits per heavy atom. The number of fused-ring (bicyclic) bond motifs is 2. The standard InChI is InChI=1S/C16H12O3S/c20-16-12-3-1-2-4-14(12)19-15-6-5-10(7-13(15)16)17-8-11-9-18-11/h1-7,11H,8-9H2. The van der Waals surface area contributed by atoms with Crippen LogP contribution in [0.3, 0.4) is 0 Å². The molecule has 1 aliphatic rings. The van der Waals surface area contributed by atoms with Crippen LogP contribution in [-0.4, -0.2) is 19.3 Å². The number of para-hydroxylation sites is 1. The number of epoxide rings is 1. The molecule has 0 spiro atoms. The first-order valence-electron chi connectivity index (χ1n) is 6.51. The summed E-state index contributed by atoms with van der Waals surface area (Å²) in [4.78, 5) is 0. The molecule has 1 atom stereocenters. The van der Waals surface area contributed by atoms with Gasteiger partial charge in [-0.2, -0.15) is 0 Å². The highest BCUT2D eigenvalue weighted by molar-refractivity contribution is 7.72. The molecule has 1 unspecified atom stereocenters. The first-order chi connectivity index (χ1) is 9.81. The number of rotatable bonds is 3. The van der Waals surface area contributed by atoms with Crippen LogP contribution in [-0.2, 0) is 4.74 Å². The zero-order chi connectivity index (χ0) is 13.5. The maximum absolute atomic E-state index is 5.87. The SMILES string of the molecule is S=c1c2ccccc2oc2ccc(OCC3CO3)cc12. The van der Waals surface area contributed by atoms with Gasteiger partial charge < -0.3 is 13.9 Å². The van der Waals surface area contributed by atoms with E-state index in [0.29, 0.717) is 6.61 Å². The fourth-order valence-corrected chi connectivity index (χ4v) is 2.55. The molecule has 0 aliphatic carbocycles. The highest BCUT2D eigenvalue weighted by Crippen LogP contribution is 2.28. The molecule has 3 aromatic rings. The van der Waals surface area contributed by atoms with E-state index >= 15 is 0 Å². The molecule has 100 valence electrons. The molecular formula is C16H12O3S. The summed E-state index contributed by atoms with van der Waals surface area (Å²) in [7, 11) is 0. The van der Waals surface area contributed by atoms with Gasteiger partial charge in [0.15, 0.2) is 0 Å². The van der Waals surface area contributed by atoms with Crippen LogP contribution in [0, 0.1) is 4.51 Å². The topological polar surface area (TPSA) is 34.9 Å². The lowest BCUT2D eigenvalue weighted by atomic mass is 10.1. The Labute approximate surface area is 120 Å². The number of ether oxygens (including phenoxy) is 2. The van der Waals surface area contributed by atoms with Gasteiger partial charge >= 0.3 is 0 Å². The van der Waals surface area contributed by atoms with Crippen LogP contribution in [0.4, 0.5) is 0 Å². The normalized spacial score (nSPS) is 17.5. The van der Waals surface area contributed by atoms with E-state index in [0.717, 1.165) is 38.8 Å². The van der Waals surface area contributed by atoms with Crippen LogP contribution in [0.1, 0.15) is 0 Å². The monoisotopic (exact) mass is 284 g/mol. The predicted octanol–water partition coefficient (Wildman–Crippen LogP) is 4.09. The van der Waals surface area contributed by atoms with Gasteiger partial charge in [0.25, 0.3) is 0 Å². The van der Waals surface area contributed by atoms with Gasteiger partial charge in [0.2, 0.25) is 0 Å². The van der Waals surface area contributed by atoms with E-state index < -0.39 is 0 Å². The second-order valence-corrected chi connectivity index (χ2v) is 5.26. The average molecular weight is 284 g/mol. The fraction of sp³-hybridized carbons (Fsp3) is 0.188. The first-order valence-corrected chi connectivity index (χ1v) is 6.92. The lowest BCUT2D eigenvalue weighted by Gasteiger charge is -2.07. The molecule has 0 radical (unpaired) electrons. The van der Waals surface area contributed by atoms with Crippen molar-refractivity contribution < 1.29 is 13.9 Å². The van der Waals surface area contributed by atoms with Crippen LogP contribution >= 0.6 is 12.2 Å². The van der Waals surface area contributed by atoms with Crippen LogP contribution in [0.2, 0.25) is 0 Å². The minimum atomic E-state index is 0.245.